The summed E-state index contributed by atoms with van der Waals surface area (Å²) in [6.45, 7) is 25.2. The molecular formula is C21H45N3O4Si2. The van der Waals surface area contributed by atoms with E-state index in [9.17, 15) is 5.53 Å². The van der Waals surface area contributed by atoms with Crippen molar-refractivity contribution in [1.29, 1.82) is 0 Å². The molecule has 30 heavy (non-hydrogen) atoms. The van der Waals surface area contributed by atoms with E-state index in [1.54, 1.807) is 0 Å². The van der Waals surface area contributed by atoms with Crippen LogP contribution in [0.15, 0.2) is 5.11 Å². The van der Waals surface area contributed by atoms with Gasteiger partial charge in [0.1, 0.15) is 6.10 Å². The molecule has 0 saturated carbocycles. The Morgan fingerprint density at radius 2 is 1.50 bits per heavy atom. The van der Waals surface area contributed by atoms with Gasteiger partial charge in [-0.2, -0.15) is 0 Å². The van der Waals surface area contributed by atoms with E-state index < -0.39 is 35.1 Å². The molecule has 1 aliphatic rings. The van der Waals surface area contributed by atoms with Gasteiger partial charge in [0.2, 0.25) is 0 Å². The highest BCUT2D eigenvalue weighted by Gasteiger charge is 2.53. The summed E-state index contributed by atoms with van der Waals surface area (Å²) in [6.07, 6.45) is 0.694. The fourth-order valence-electron chi connectivity index (χ4n) is 2.69. The summed E-state index contributed by atoms with van der Waals surface area (Å²) in [4.78, 5) is 3.12. The third-order valence-corrected chi connectivity index (χ3v) is 15.8. The van der Waals surface area contributed by atoms with Crippen LogP contribution in [0.25, 0.3) is 10.4 Å². The molecule has 1 heterocycles. The van der Waals surface area contributed by atoms with Gasteiger partial charge in [-0.15, -0.1) is 0 Å². The highest BCUT2D eigenvalue weighted by atomic mass is 28.4. The quantitative estimate of drug-likeness (QED) is 0.121. The minimum atomic E-state index is -2.15. The minimum absolute atomic E-state index is 0.0190. The highest BCUT2D eigenvalue weighted by molar-refractivity contribution is 6.74. The molecule has 0 aromatic carbocycles. The molecule has 176 valence electrons. The molecule has 7 nitrogen and oxygen atoms in total. The second-order valence-electron chi connectivity index (χ2n) is 11.4. The van der Waals surface area contributed by atoms with Crippen LogP contribution in [0.5, 0.6) is 0 Å². The standard InChI is InChI=1S/C21H45N3O4Si2/c1-12-13-14-25-15-16-17(23-24-22)18(27-29(8,9)20(2,3)4)19(26-16)28-30(10,11)21(5,6)7/h16-19H,12-15H2,1-11H3/t16-,17?,18+,19+/m1/s1. The number of rotatable bonds is 10. The maximum absolute atomic E-state index is 9.26. The lowest BCUT2D eigenvalue weighted by Gasteiger charge is -2.43. The predicted molar refractivity (Wildman–Crippen MR) is 128 cm³/mol. The lowest BCUT2D eigenvalue weighted by atomic mass is 10.1. The lowest BCUT2D eigenvalue weighted by Crippen LogP contribution is -2.52. The smallest absolute Gasteiger partial charge is 0.195 e. The van der Waals surface area contributed by atoms with Crippen molar-refractivity contribution < 1.29 is 18.3 Å². The molecule has 0 radical (unpaired) electrons. The van der Waals surface area contributed by atoms with Crippen LogP contribution in [-0.2, 0) is 18.3 Å². The number of azide groups is 1. The van der Waals surface area contributed by atoms with E-state index in [0.717, 1.165) is 12.8 Å². The van der Waals surface area contributed by atoms with E-state index in [1.165, 1.54) is 0 Å². The van der Waals surface area contributed by atoms with E-state index in [4.69, 9.17) is 18.3 Å². The summed E-state index contributed by atoms with van der Waals surface area (Å²) in [5, 5.41) is 4.15. The van der Waals surface area contributed by atoms with Crippen molar-refractivity contribution in [3.63, 3.8) is 0 Å². The molecule has 1 saturated heterocycles. The van der Waals surface area contributed by atoms with Crippen LogP contribution < -0.4 is 0 Å². The molecule has 1 fully saturated rings. The minimum Gasteiger partial charge on any atom is -0.408 e. The Morgan fingerprint density at radius 3 is 1.97 bits per heavy atom. The fraction of sp³-hybridized carbons (Fsp3) is 1.00. The number of hydrogen-bond donors (Lipinski definition) is 0. The normalized spacial score (nSPS) is 26.0. The molecule has 0 aromatic rings. The molecule has 1 unspecified atom stereocenters. The predicted octanol–water partition coefficient (Wildman–Crippen LogP) is 6.62. The first-order chi connectivity index (χ1) is 13.6. The van der Waals surface area contributed by atoms with Gasteiger partial charge in [0, 0.05) is 11.5 Å². The van der Waals surface area contributed by atoms with E-state index in [1.807, 2.05) is 0 Å². The first kappa shape index (κ1) is 27.6. The number of hydrogen-bond acceptors (Lipinski definition) is 5. The first-order valence-corrected chi connectivity index (χ1v) is 17.0. The molecule has 1 rings (SSSR count). The van der Waals surface area contributed by atoms with Crippen molar-refractivity contribution in [2.45, 2.75) is 122 Å². The summed E-state index contributed by atoms with van der Waals surface area (Å²) < 4.78 is 25.5. The Bertz CT molecular complexity index is 596. The van der Waals surface area contributed by atoms with Gasteiger partial charge in [-0.05, 0) is 48.2 Å². The van der Waals surface area contributed by atoms with Crippen LogP contribution in [0.4, 0.5) is 0 Å². The monoisotopic (exact) mass is 459 g/mol. The third-order valence-electron chi connectivity index (χ3n) is 6.86. The molecule has 4 atom stereocenters. The van der Waals surface area contributed by atoms with E-state index in [-0.39, 0.29) is 16.2 Å². The Hall–Kier alpha value is -0.416. The van der Waals surface area contributed by atoms with Crippen LogP contribution in [-0.4, -0.2) is 54.4 Å². The zero-order valence-electron chi connectivity index (χ0n) is 21.1. The summed E-state index contributed by atoms with van der Waals surface area (Å²) >= 11 is 0. The molecule has 0 amide bonds. The third kappa shape index (κ3) is 7.05. The van der Waals surface area contributed by atoms with E-state index >= 15 is 0 Å². The molecule has 9 heteroatoms. The Labute approximate surface area is 186 Å². The van der Waals surface area contributed by atoms with Crippen LogP contribution in [0, 0.1) is 0 Å². The zero-order valence-corrected chi connectivity index (χ0v) is 23.1. The van der Waals surface area contributed by atoms with Crippen molar-refractivity contribution in [3.8, 4) is 0 Å². The number of nitrogens with zero attached hydrogens (tertiary/aromatic N) is 3. The van der Waals surface area contributed by atoms with Crippen molar-refractivity contribution in [3.05, 3.63) is 10.4 Å². The van der Waals surface area contributed by atoms with Crippen LogP contribution in [0.3, 0.4) is 0 Å². The van der Waals surface area contributed by atoms with Crippen molar-refractivity contribution >= 4 is 16.6 Å². The second kappa shape index (κ2) is 10.5. The van der Waals surface area contributed by atoms with Crippen molar-refractivity contribution in [2.75, 3.05) is 13.2 Å². The van der Waals surface area contributed by atoms with Gasteiger partial charge in [0.15, 0.2) is 22.9 Å². The summed E-state index contributed by atoms with van der Waals surface area (Å²) in [7, 11) is -4.27. The Kier molecular flexibility index (Phi) is 9.64. The average molecular weight is 460 g/mol. The van der Waals surface area contributed by atoms with Gasteiger partial charge < -0.3 is 18.3 Å². The number of unbranched alkanes of at least 4 members (excludes halogenated alkanes) is 1. The van der Waals surface area contributed by atoms with E-state index in [0.29, 0.717) is 13.2 Å². The van der Waals surface area contributed by atoms with Gasteiger partial charge in [-0.3, -0.25) is 0 Å². The van der Waals surface area contributed by atoms with Gasteiger partial charge in [-0.1, -0.05) is 60.0 Å². The van der Waals surface area contributed by atoms with Gasteiger partial charge in [-0.25, -0.2) is 0 Å². The maximum atomic E-state index is 9.26. The Balaban J connectivity index is 3.20. The van der Waals surface area contributed by atoms with E-state index in [2.05, 4.69) is 84.7 Å². The topological polar surface area (TPSA) is 85.7 Å². The van der Waals surface area contributed by atoms with Crippen molar-refractivity contribution in [2.24, 2.45) is 5.11 Å². The highest BCUT2D eigenvalue weighted by Crippen LogP contribution is 2.43. The van der Waals surface area contributed by atoms with Crippen LogP contribution in [0.1, 0.15) is 61.3 Å². The largest absolute Gasteiger partial charge is 0.408 e. The second-order valence-corrected chi connectivity index (χ2v) is 20.9. The summed E-state index contributed by atoms with van der Waals surface area (Å²) in [6, 6.07) is -0.472. The van der Waals surface area contributed by atoms with Gasteiger partial charge in [0.25, 0.3) is 0 Å². The fourth-order valence-corrected chi connectivity index (χ4v) is 5.10. The molecule has 1 aliphatic heterocycles. The van der Waals surface area contributed by atoms with Crippen LogP contribution in [0.2, 0.25) is 36.3 Å². The molecule has 0 spiro atoms. The van der Waals surface area contributed by atoms with Gasteiger partial charge in [0.05, 0.1) is 18.8 Å². The summed E-state index contributed by atoms with van der Waals surface area (Å²) in [5.41, 5.74) is 9.26. The Morgan fingerprint density at radius 1 is 0.967 bits per heavy atom. The van der Waals surface area contributed by atoms with Crippen molar-refractivity contribution in [1.82, 2.24) is 0 Å². The molecular weight excluding hydrogens is 414 g/mol. The molecule has 0 N–H and O–H groups in total. The average Bonchev–Trinajstić information content (AvgIpc) is 2.86. The molecule has 0 bridgehead atoms. The van der Waals surface area contributed by atoms with Gasteiger partial charge >= 0.3 is 0 Å². The summed E-state index contributed by atoms with van der Waals surface area (Å²) in [5.74, 6) is 0. The van der Waals surface area contributed by atoms with Crippen LogP contribution >= 0.6 is 0 Å². The first-order valence-electron chi connectivity index (χ1n) is 11.2. The SMILES string of the molecule is CCCCOC[C@H]1O[C@@H](O[Si](C)(C)C(C)(C)C)[C@@H](O[Si](C)(C)C(C)(C)C)C1N=[N+]=[N-]. The number of ether oxygens (including phenoxy) is 2. The molecule has 0 aliphatic carbocycles. The molecule has 0 aromatic heterocycles. The lowest BCUT2D eigenvalue weighted by molar-refractivity contribution is -0.125. The maximum Gasteiger partial charge on any atom is 0.195 e. The zero-order chi connectivity index (χ0) is 23.4.